The monoisotopic (exact) mass is 443 g/mol. The highest BCUT2D eigenvalue weighted by Gasteiger charge is 2.23. The van der Waals surface area contributed by atoms with Gasteiger partial charge in [-0.15, -0.1) is 0 Å². The Kier molecular flexibility index (Phi) is 7.63. The lowest BCUT2D eigenvalue weighted by Crippen LogP contribution is -2.46. The first-order valence-corrected chi connectivity index (χ1v) is 11.8. The highest BCUT2D eigenvalue weighted by Crippen LogP contribution is 2.25. The van der Waals surface area contributed by atoms with Crippen LogP contribution in [0.1, 0.15) is 12.0 Å². The van der Waals surface area contributed by atoms with Gasteiger partial charge in [-0.3, -0.25) is 4.79 Å². The van der Waals surface area contributed by atoms with Crippen molar-refractivity contribution in [3.05, 3.63) is 54.1 Å². The Labute approximate surface area is 182 Å². The summed E-state index contributed by atoms with van der Waals surface area (Å²) >= 11 is 0. The molecule has 1 heterocycles. The number of nitriles is 1. The number of benzene rings is 2. The Hall–Kier alpha value is -2.93. The summed E-state index contributed by atoms with van der Waals surface area (Å²) in [6, 6.07) is 15.8. The molecule has 0 aliphatic carbocycles. The summed E-state index contributed by atoms with van der Waals surface area (Å²) in [4.78, 5) is 12.4. The van der Waals surface area contributed by atoms with Gasteiger partial charge in [-0.2, -0.15) is 13.7 Å². The first-order chi connectivity index (χ1) is 14.8. The molecular weight excluding hydrogens is 418 g/mol. The molecule has 8 nitrogen and oxygen atoms in total. The SMILES string of the molecule is CS(=O)(=O)Oc1cccc(-c2ccc(C[C@@H](C#N)NC(=O)[C@@H]3CNCCCO3)cc2)c1. The van der Waals surface area contributed by atoms with E-state index in [2.05, 4.69) is 16.7 Å². The van der Waals surface area contributed by atoms with Crippen LogP contribution in [0.4, 0.5) is 0 Å². The van der Waals surface area contributed by atoms with Gasteiger partial charge >= 0.3 is 10.1 Å². The number of hydrogen-bond acceptors (Lipinski definition) is 7. The van der Waals surface area contributed by atoms with Crippen molar-refractivity contribution < 1.29 is 22.1 Å². The third-order valence-electron chi connectivity index (χ3n) is 4.72. The minimum atomic E-state index is -3.60. The van der Waals surface area contributed by atoms with Gasteiger partial charge in [0.15, 0.2) is 0 Å². The van der Waals surface area contributed by atoms with E-state index >= 15 is 0 Å². The van der Waals surface area contributed by atoms with E-state index < -0.39 is 22.3 Å². The molecule has 164 valence electrons. The van der Waals surface area contributed by atoms with Gasteiger partial charge in [-0.25, -0.2) is 0 Å². The molecular formula is C22H25N3O5S. The fourth-order valence-corrected chi connectivity index (χ4v) is 3.70. The summed E-state index contributed by atoms with van der Waals surface area (Å²) < 4.78 is 33.1. The molecule has 2 aromatic rings. The van der Waals surface area contributed by atoms with Gasteiger partial charge in [0.05, 0.1) is 12.3 Å². The molecule has 1 fully saturated rings. The fourth-order valence-electron chi connectivity index (χ4n) is 3.25. The molecule has 1 amide bonds. The van der Waals surface area contributed by atoms with E-state index in [1.54, 1.807) is 18.2 Å². The van der Waals surface area contributed by atoms with Crippen molar-refractivity contribution in [2.75, 3.05) is 26.0 Å². The topological polar surface area (TPSA) is 118 Å². The van der Waals surface area contributed by atoms with Crippen LogP contribution in [0.2, 0.25) is 0 Å². The number of carbonyl (C=O) groups excluding carboxylic acids is 1. The molecule has 3 rings (SSSR count). The van der Waals surface area contributed by atoms with Gasteiger partial charge in [-0.1, -0.05) is 36.4 Å². The highest BCUT2D eigenvalue weighted by atomic mass is 32.2. The van der Waals surface area contributed by atoms with Crippen LogP contribution in [0.15, 0.2) is 48.5 Å². The lowest BCUT2D eigenvalue weighted by molar-refractivity contribution is -0.132. The normalized spacial score (nSPS) is 17.7. The van der Waals surface area contributed by atoms with Crippen LogP contribution in [0.5, 0.6) is 5.75 Å². The first-order valence-electron chi connectivity index (χ1n) is 9.95. The number of amides is 1. The van der Waals surface area contributed by atoms with Gasteiger partial charge < -0.3 is 19.6 Å². The molecule has 0 aromatic heterocycles. The van der Waals surface area contributed by atoms with E-state index in [4.69, 9.17) is 8.92 Å². The Morgan fingerprint density at radius 1 is 1.29 bits per heavy atom. The van der Waals surface area contributed by atoms with E-state index in [9.17, 15) is 18.5 Å². The maximum absolute atomic E-state index is 12.4. The Morgan fingerprint density at radius 2 is 2.06 bits per heavy atom. The van der Waals surface area contributed by atoms with Crippen molar-refractivity contribution in [3.8, 4) is 22.9 Å². The molecule has 1 aliphatic rings. The largest absolute Gasteiger partial charge is 0.383 e. The summed E-state index contributed by atoms with van der Waals surface area (Å²) in [6.45, 7) is 1.75. The summed E-state index contributed by atoms with van der Waals surface area (Å²) in [5, 5.41) is 15.4. The van der Waals surface area contributed by atoms with E-state index in [0.29, 0.717) is 19.6 Å². The van der Waals surface area contributed by atoms with Crippen molar-refractivity contribution in [3.63, 3.8) is 0 Å². The third-order valence-corrected chi connectivity index (χ3v) is 5.22. The fraction of sp³-hybridized carbons (Fsp3) is 0.364. The second-order valence-corrected chi connectivity index (χ2v) is 8.90. The second-order valence-electron chi connectivity index (χ2n) is 7.32. The zero-order chi connectivity index (χ0) is 22.3. The van der Waals surface area contributed by atoms with Crippen molar-refractivity contribution >= 4 is 16.0 Å². The quantitative estimate of drug-likeness (QED) is 0.625. The van der Waals surface area contributed by atoms with Crippen molar-refractivity contribution in [2.24, 2.45) is 0 Å². The molecule has 0 unspecified atom stereocenters. The minimum absolute atomic E-state index is 0.242. The van der Waals surface area contributed by atoms with Crippen LogP contribution >= 0.6 is 0 Å². The Balaban J connectivity index is 1.63. The van der Waals surface area contributed by atoms with Gasteiger partial charge in [0.1, 0.15) is 17.9 Å². The van der Waals surface area contributed by atoms with Crippen LogP contribution in [0.3, 0.4) is 0 Å². The van der Waals surface area contributed by atoms with Gasteiger partial charge in [0.2, 0.25) is 0 Å². The van der Waals surface area contributed by atoms with Gasteiger partial charge in [0.25, 0.3) is 5.91 Å². The van der Waals surface area contributed by atoms with E-state index in [0.717, 1.165) is 35.9 Å². The van der Waals surface area contributed by atoms with Crippen LogP contribution in [0, 0.1) is 11.3 Å². The molecule has 31 heavy (non-hydrogen) atoms. The average molecular weight is 444 g/mol. The number of nitrogens with zero attached hydrogens (tertiary/aromatic N) is 1. The number of ether oxygens (including phenoxy) is 1. The summed E-state index contributed by atoms with van der Waals surface area (Å²) in [5.74, 6) is -0.0492. The summed E-state index contributed by atoms with van der Waals surface area (Å²) in [5.41, 5.74) is 2.56. The molecule has 0 saturated carbocycles. The lowest BCUT2D eigenvalue weighted by atomic mass is 10.0. The number of nitrogens with one attached hydrogen (secondary N) is 2. The molecule has 0 spiro atoms. The molecule has 0 bridgehead atoms. The zero-order valence-electron chi connectivity index (χ0n) is 17.2. The predicted molar refractivity (Wildman–Crippen MR) is 116 cm³/mol. The highest BCUT2D eigenvalue weighted by molar-refractivity contribution is 7.86. The standard InChI is InChI=1S/C22H25N3O5S/c1-31(27,28)30-20-5-2-4-18(13-20)17-8-6-16(7-9-17)12-19(14-23)25-22(26)21-15-24-10-3-11-29-21/h2,4-9,13,19,21,24H,3,10-12,15H2,1H3,(H,25,26)/t19-,21-/m0/s1. The van der Waals surface area contributed by atoms with Crippen molar-refractivity contribution in [1.29, 1.82) is 5.26 Å². The van der Waals surface area contributed by atoms with Gasteiger partial charge in [0, 0.05) is 19.6 Å². The Bertz CT molecular complexity index is 1040. The van der Waals surface area contributed by atoms with Gasteiger partial charge in [-0.05, 0) is 41.8 Å². The molecule has 2 N–H and O–H groups in total. The van der Waals surface area contributed by atoms with Crippen LogP contribution in [-0.2, 0) is 26.1 Å². The average Bonchev–Trinajstić information content (AvgIpc) is 3.02. The maximum Gasteiger partial charge on any atom is 0.306 e. The predicted octanol–water partition coefficient (Wildman–Crippen LogP) is 1.62. The van der Waals surface area contributed by atoms with E-state index in [1.807, 2.05) is 30.3 Å². The number of rotatable bonds is 7. The van der Waals surface area contributed by atoms with Crippen molar-refractivity contribution in [2.45, 2.75) is 25.0 Å². The summed E-state index contributed by atoms with van der Waals surface area (Å²) in [6.07, 6.45) is 1.61. The number of carbonyl (C=O) groups is 1. The molecule has 1 aliphatic heterocycles. The smallest absolute Gasteiger partial charge is 0.306 e. The van der Waals surface area contributed by atoms with Crippen molar-refractivity contribution in [1.82, 2.24) is 10.6 Å². The lowest BCUT2D eigenvalue weighted by Gasteiger charge is -2.18. The molecule has 1 saturated heterocycles. The number of hydrogen-bond donors (Lipinski definition) is 2. The van der Waals surface area contributed by atoms with Crippen LogP contribution in [0.25, 0.3) is 11.1 Å². The first kappa shape index (κ1) is 22.7. The zero-order valence-corrected chi connectivity index (χ0v) is 18.0. The molecule has 2 atom stereocenters. The second kappa shape index (κ2) is 10.4. The van der Waals surface area contributed by atoms with E-state index in [1.165, 1.54) is 0 Å². The van der Waals surface area contributed by atoms with E-state index in [-0.39, 0.29) is 11.7 Å². The van der Waals surface area contributed by atoms with Crippen LogP contribution in [-0.4, -0.2) is 52.4 Å². The maximum atomic E-state index is 12.4. The molecule has 9 heteroatoms. The minimum Gasteiger partial charge on any atom is -0.383 e. The third kappa shape index (κ3) is 7.07. The molecule has 0 radical (unpaired) electrons. The Morgan fingerprint density at radius 3 is 2.77 bits per heavy atom. The molecule has 2 aromatic carbocycles. The summed E-state index contributed by atoms with van der Waals surface area (Å²) in [7, 11) is -3.60. The van der Waals surface area contributed by atoms with Crippen LogP contribution < -0.4 is 14.8 Å².